The van der Waals surface area contributed by atoms with Crippen LogP contribution in [0, 0.1) is 25.2 Å². The van der Waals surface area contributed by atoms with E-state index >= 15 is 0 Å². The molecule has 3 nitrogen and oxygen atoms in total. The van der Waals surface area contributed by atoms with Crippen molar-refractivity contribution in [2.45, 2.75) is 33.2 Å². The van der Waals surface area contributed by atoms with Gasteiger partial charge in [-0.05, 0) is 37.8 Å². The normalized spacial score (nSPS) is 11.9. The van der Waals surface area contributed by atoms with Crippen LogP contribution in [0.2, 0.25) is 0 Å². The quantitative estimate of drug-likeness (QED) is 0.906. The molecule has 1 N–H and O–H groups in total. The molecule has 2 heterocycles. The van der Waals surface area contributed by atoms with Gasteiger partial charge in [-0.2, -0.15) is 5.26 Å². The van der Waals surface area contributed by atoms with Gasteiger partial charge in [0.15, 0.2) is 0 Å². The first-order valence-electron chi connectivity index (χ1n) is 6.34. The summed E-state index contributed by atoms with van der Waals surface area (Å²) in [5.74, 6) is 0. The van der Waals surface area contributed by atoms with Gasteiger partial charge < -0.3 is 5.32 Å². The van der Waals surface area contributed by atoms with Crippen LogP contribution in [-0.4, -0.2) is 4.98 Å². The van der Waals surface area contributed by atoms with Crippen LogP contribution >= 0.6 is 11.3 Å². The number of aryl methyl sites for hydroxylation is 2. The largest absolute Gasteiger partial charge is 0.376 e. The van der Waals surface area contributed by atoms with Crippen molar-refractivity contribution in [3.63, 3.8) is 0 Å². The summed E-state index contributed by atoms with van der Waals surface area (Å²) in [6, 6.07) is 8.61. The summed E-state index contributed by atoms with van der Waals surface area (Å²) >= 11 is 1.74. The second-order valence-electron chi connectivity index (χ2n) is 4.50. The van der Waals surface area contributed by atoms with Gasteiger partial charge in [-0.1, -0.05) is 13.0 Å². The van der Waals surface area contributed by atoms with Gasteiger partial charge in [0.2, 0.25) is 0 Å². The first kappa shape index (κ1) is 13.6. The molecule has 0 fully saturated rings. The van der Waals surface area contributed by atoms with E-state index in [2.05, 4.69) is 40.8 Å². The molecule has 4 heteroatoms. The second-order valence-corrected chi connectivity index (χ2v) is 5.48. The standard InChI is InChI=1S/C15H17N3S/c1-4-13(15-6-5-7-19-15)18-14-8-10(2)17-11(3)12(14)9-16/h5-8,13H,4H2,1-3H3,(H,17,18). The van der Waals surface area contributed by atoms with Crippen LogP contribution < -0.4 is 5.32 Å². The van der Waals surface area contributed by atoms with Gasteiger partial charge in [0.1, 0.15) is 6.07 Å². The minimum atomic E-state index is 0.244. The lowest BCUT2D eigenvalue weighted by molar-refractivity contribution is 0.762. The summed E-state index contributed by atoms with van der Waals surface area (Å²) in [5, 5.41) is 14.8. The lowest BCUT2D eigenvalue weighted by atomic mass is 10.1. The highest BCUT2D eigenvalue weighted by Crippen LogP contribution is 2.28. The first-order valence-corrected chi connectivity index (χ1v) is 7.22. The Labute approximate surface area is 117 Å². The SMILES string of the molecule is CCC(Nc1cc(C)nc(C)c1C#N)c1cccs1. The van der Waals surface area contributed by atoms with Crippen LogP contribution in [0.25, 0.3) is 0 Å². The van der Waals surface area contributed by atoms with E-state index in [-0.39, 0.29) is 6.04 Å². The maximum Gasteiger partial charge on any atom is 0.103 e. The molecule has 2 aromatic rings. The topological polar surface area (TPSA) is 48.7 Å². The molecule has 0 bridgehead atoms. The summed E-state index contributed by atoms with van der Waals surface area (Å²) in [6.45, 7) is 5.97. The minimum absolute atomic E-state index is 0.244. The minimum Gasteiger partial charge on any atom is -0.376 e. The lowest BCUT2D eigenvalue weighted by Gasteiger charge is -2.18. The van der Waals surface area contributed by atoms with Gasteiger partial charge >= 0.3 is 0 Å². The van der Waals surface area contributed by atoms with Crippen molar-refractivity contribution in [1.82, 2.24) is 4.98 Å². The number of nitriles is 1. The second kappa shape index (κ2) is 5.85. The van der Waals surface area contributed by atoms with Crippen LogP contribution in [0.1, 0.15) is 41.2 Å². The zero-order valence-electron chi connectivity index (χ0n) is 11.4. The summed E-state index contributed by atoms with van der Waals surface area (Å²) in [4.78, 5) is 5.63. The summed E-state index contributed by atoms with van der Waals surface area (Å²) in [5.41, 5.74) is 3.24. The van der Waals surface area contributed by atoms with Crippen molar-refractivity contribution < 1.29 is 0 Å². The summed E-state index contributed by atoms with van der Waals surface area (Å²) in [7, 11) is 0. The Balaban J connectivity index is 2.35. The van der Waals surface area contributed by atoms with Crippen LogP contribution in [0.3, 0.4) is 0 Å². The fourth-order valence-electron chi connectivity index (χ4n) is 2.14. The number of aromatic nitrogens is 1. The molecule has 0 saturated carbocycles. The van der Waals surface area contributed by atoms with Crippen molar-refractivity contribution >= 4 is 17.0 Å². The van der Waals surface area contributed by atoms with Crippen LogP contribution in [0.15, 0.2) is 23.6 Å². The summed E-state index contributed by atoms with van der Waals surface area (Å²) < 4.78 is 0. The van der Waals surface area contributed by atoms with Gasteiger partial charge in [-0.25, -0.2) is 0 Å². The van der Waals surface area contributed by atoms with E-state index in [1.54, 1.807) is 11.3 Å². The van der Waals surface area contributed by atoms with Crippen molar-refractivity contribution in [1.29, 1.82) is 5.26 Å². The van der Waals surface area contributed by atoms with Crippen LogP contribution in [-0.2, 0) is 0 Å². The Morgan fingerprint density at radius 1 is 1.47 bits per heavy atom. The number of nitrogens with one attached hydrogen (secondary N) is 1. The van der Waals surface area contributed by atoms with Gasteiger partial charge in [-0.3, -0.25) is 4.98 Å². The molecule has 0 saturated heterocycles. The Bertz CT molecular complexity index is 597. The van der Waals surface area contributed by atoms with Crippen molar-refractivity contribution in [2.75, 3.05) is 5.32 Å². The van der Waals surface area contributed by atoms with Gasteiger partial charge in [-0.15, -0.1) is 11.3 Å². The lowest BCUT2D eigenvalue weighted by Crippen LogP contribution is -2.10. The molecule has 1 atom stereocenters. The predicted octanol–water partition coefficient (Wildman–Crippen LogP) is 4.19. The van der Waals surface area contributed by atoms with Crippen LogP contribution in [0.5, 0.6) is 0 Å². The number of rotatable bonds is 4. The molecular formula is C15H17N3S. The molecule has 0 aromatic carbocycles. The Morgan fingerprint density at radius 3 is 2.84 bits per heavy atom. The molecule has 0 spiro atoms. The number of nitrogens with zero attached hydrogens (tertiary/aromatic N) is 2. The number of anilines is 1. The highest BCUT2D eigenvalue weighted by molar-refractivity contribution is 7.10. The molecule has 0 radical (unpaired) electrons. The molecule has 0 aliphatic carbocycles. The van der Waals surface area contributed by atoms with E-state index < -0.39 is 0 Å². The van der Waals surface area contributed by atoms with E-state index in [4.69, 9.17) is 0 Å². The van der Waals surface area contributed by atoms with Crippen molar-refractivity contribution in [3.05, 3.63) is 45.4 Å². The molecule has 19 heavy (non-hydrogen) atoms. The number of hydrogen-bond donors (Lipinski definition) is 1. The molecule has 0 aliphatic rings. The average Bonchev–Trinajstić information content (AvgIpc) is 2.89. The zero-order chi connectivity index (χ0) is 13.8. The van der Waals surface area contributed by atoms with Crippen molar-refractivity contribution in [2.24, 2.45) is 0 Å². The van der Waals surface area contributed by atoms with E-state index in [0.29, 0.717) is 5.56 Å². The van der Waals surface area contributed by atoms with E-state index in [0.717, 1.165) is 23.5 Å². The molecule has 98 valence electrons. The molecular weight excluding hydrogens is 254 g/mol. The Hall–Kier alpha value is -1.86. The predicted molar refractivity (Wildman–Crippen MR) is 79.4 cm³/mol. The maximum atomic E-state index is 9.28. The fraction of sp³-hybridized carbons (Fsp3) is 0.333. The third kappa shape index (κ3) is 2.94. The zero-order valence-corrected chi connectivity index (χ0v) is 12.2. The fourth-order valence-corrected chi connectivity index (χ4v) is 3.00. The Kier molecular flexibility index (Phi) is 4.18. The number of hydrogen-bond acceptors (Lipinski definition) is 4. The van der Waals surface area contributed by atoms with Crippen molar-refractivity contribution in [3.8, 4) is 6.07 Å². The van der Waals surface area contributed by atoms with Gasteiger partial charge in [0.05, 0.1) is 23.0 Å². The number of pyridine rings is 1. The number of thiophene rings is 1. The third-order valence-corrected chi connectivity index (χ3v) is 4.05. The van der Waals surface area contributed by atoms with Crippen LogP contribution in [0.4, 0.5) is 5.69 Å². The molecule has 0 aliphatic heterocycles. The molecule has 0 amide bonds. The van der Waals surface area contributed by atoms with E-state index in [1.807, 2.05) is 19.9 Å². The maximum absolute atomic E-state index is 9.28. The average molecular weight is 271 g/mol. The molecule has 2 aromatic heterocycles. The van der Waals surface area contributed by atoms with Gasteiger partial charge in [0.25, 0.3) is 0 Å². The third-order valence-electron chi connectivity index (χ3n) is 3.06. The summed E-state index contributed by atoms with van der Waals surface area (Å²) in [6.07, 6.45) is 0.978. The molecule has 2 rings (SSSR count). The van der Waals surface area contributed by atoms with E-state index in [9.17, 15) is 5.26 Å². The highest BCUT2D eigenvalue weighted by atomic mass is 32.1. The monoisotopic (exact) mass is 271 g/mol. The Morgan fingerprint density at radius 2 is 2.26 bits per heavy atom. The van der Waals surface area contributed by atoms with Gasteiger partial charge in [0, 0.05) is 10.6 Å². The highest BCUT2D eigenvalue weighted by Gasteiger charge is 2.14. The van der Waals surface area contributed by atoms with E-state index in [1.165, 1.54) is 4.88 Å². The smallest absolute Gasteiger partial charge is 0.103 e. The molecule has 1 unspecified atom stereocenters. The first-order chi connectivity index (χ1) is 9.15.